The zero-order valence-corrected chi connectivity index (χ0v) is 15.3. The highest BCUT2D eigenvalue weighted by molar-refractivity contribution is 6.02. The van der Waals surface area contributed by atoms with Crippen LogP contribution in [0, 0.1) is 6.92 Å². The van der Waals surface area contributed by atoms with Gasteiger partial charge in [-0.3, -0.25) is 4.79 Å². The van der Waals surface area contributed by atoms with E-state index in [1.165, 1.54) is 6.08 Å². The van der Waals surface area contributed by atoms with Crippen molar-refractivity contribution in [1.29, 1.82) is 0 Å². The number of rotatable bonds is 6. The van der Waals surface area contributed by atoms with E-state index in [4.69, 9.17) is 9.15 Å². The van der Waals surface area contributed by atoms with Gasteiger partial charge in [0.25, 0.3) is 0 Å². The second kappa shape index (κ2) is 8.36. The normalized spacial score (nSPS) is 11.0. The van der Waals surface area contributed by atoms with Crippen molar-refractivity contribution in [3.05, 3.63) is 71.5 Å². The van der Waals surface area contributed by atoms with Gasteiger partial charge in [-0.25, -0.2) is 4.79 Å². The van der Waals surface area contributed by atoms with Crippen molar-refractivity contribution in [2.75, 3.05) is 11.9 Å². The first-order valence-electron chi connectivity index (χ1n) is 8.81. The Morgan fingerprint density at radius 1 is 1.11 bits per heavy atom. The lowest BCUT2D eigenvalue weighted by Crippen LogP contribution is -2.09. The molecular formula is C22H21NO4. The van der Waals surface area contributed by atoms with Gasteiger partial charge in [0.2, 0.25) is 5.91 Å². The van der Waals surface area contributed by atoms with E-state index in [9.17, 15) is 9.59 Å². The molecule has 0 saturated carbocycles. The minimum atomic E-state index is -0.366. The molecule has 0 fully saturated rings. The van der Waals surface area contributed by atoms with Crippen LogP contribution in [0.2, 0.25) is 0 Å². The quantitative estimate of drug-likeness (QED) is 0.496. The van der Waals surface area contributed by atoms with E-state index >= 15 is 0 Å². The molecule has 27 heavy (non-hydrogen) atoms. The van der Waals surface area contributed by atoms with Crippen LogP contribution in [-0.2, 0) is 9.53 Å². The monoisotopic (exact) mass is 363 g/mol. The van der Waals surface area contributed by atoms with Crippen LogP contribution in [0.5, 0.6) is 0 Å². The fourth-order valence-electron chi connectivity index (χ4n) is 2.57. The number of ether oxygens (including phenoxy) is 1. The molecule has 5 nitrogen and oxygen atoms in total. The maximum atomic E-state index is 12.1. The van der Waals surface area contributed by atoms with Crippen LogP contribution in [0.1, 0.15) is 35.0 Å². The van der Waals surface area contributed by atoms with E-state index < -0.39 is 0 Å². The number of hydrogen-bond donors (Lipinski definition) is 1. The van der Waals surface area contributed by atoms with Crippen LogP contribution in [0.4, 0.5) is 5.69 Å². The number of benzene rings is 2. The summed E-state index contributed by atoms with van der Waals surface area (Å²) >= 11 is 0. The van der Waals surface area contributed by atoms with Gasteiger partial charge in [0.1, 0.15) is 11.3 Å². The number of anilines is 1. The summed E-state index contributed by atoms with van der Waals surface area (Å²) in [6, 6.07) is 14.4. The van der Waals surface area contributed by atoms with Crippen molar-refractivity contribution in [3.8, 4) is 0 Å². The number of esters is 1. The number of hydrogen-bond acceptors (Lipinski definition) is 4. The fraction of sp³-hybridized carbons (Fsp3) is 0.182. The lowest BCUT2D eigenvalue weighted by Gasteiger charge is -2.05. The second-order valence-corrected chi connectivity index (χ2v) is 6.23. The molecular weight excluding hydrogens is 342 g/mol. The van der Waals surface area contributed by atoms with Gasteiger partial charge in [-0.2, -0.15) is 0 Å². The molecule has 0 aliphatic carbocycles. The number of fused-ring (bicyclic) bond motifs is 1. The Bertz CT molecular complexity index is 983. The molecule has 0 spiro atoms. The molecule has 0 radical (unpaired) electrons. The average molecular weight is 363 g/mol. The molecule has 0 aliphatic heterocycles. The van der Waals surface area contributed by atoms with Crippen LogP contribution < -0.4 is 5.32 Å². The van der Waals surface area contributed by atoms with Crippen LogP contribution in [-0.4, -0.2) is 18.5 Å². The Balaban J connectivity index is 1.61. The number of amides is 1. The van der Waals surface area contributed by atoms with Crippen LogP contribution >= 0.6 is 0 Å². The van der Waals surface area contributed by atoms with E-state index in [0.717, 1.165) is 23.0 Å². The van der Waals surface area contributed by atoms with Crippen molar-refractivity contribution >= 4 is 34.6 Å². The van der Waals surface area contributed by atoms with E-state index in [-0.39, 0.29) is 11.9 Å². The topological polar surface area (TPSA) is 68.5 Å². The zero-order chi connectivity index (χ0) is 19.2. The van der Waals surface area contributed by atoms with Gasteiger partial charge >= 0.3 is 5.97 Å². The minimum Gasteiger partial charge on any atom is -0.462 e. The number of carbonyl (C=O) groups excluding carboxylic acids is 2. The van der Waals surface area contributed by atoms with Crippen LogP contribution in [0.3, 0.4) is 0 Å². The van der Waals surface area contributed by atoms with Gasteiger partial charge in [0.05, 0.1) is 12.2 Å². The summed E-state index contributed by atoms with van der Waals surface area (Å²) in [4.78, 5) is 23.8. The largest absolute Gasteiger partial charge is 0.462 e. The van der Waals surface area contributed by atoms with E-state index in [0.29, 0.717) is 23.6 Å². The maximum absolute atomic E-state index is 12.1. The van der Waals surface area contributed by atoms with Gasteiger partial charge in [-0.15, -0.1) is 0 Å². The van der Waals surface area contributed by atoms with Gasteiger partial charge in [-0.1, -0.05) is 18.6 Å². The molecule has 3 rings (SSSR count). The van der Waals surface area contributed by atoms with Crippen molar-refractivity contribution in [2.45, 2.75) is 20.3 Å². The Morgan fingerprint density at radius 3 is 2.63 bits per heavy atom. The third-order valence-electron chi connectivity index (χ3n) is 3.92. The molecule has 5 heteroatoms. The summed E-state index contributed by atoms with van der Waals surface area (Å²) in [6.07, 6.45) is 3.81. The van der Waals surface area contributed by atoms with Crippen molar-refractivity contribution in [3.63, 3.8) is 0 Å². The molecule has 0 atom stereocenters. The van der Waals surface area contributed by atoms with Crippen molar-refractivity contribution in [1.82, 2.24) is 0 Å². The number of carbonyl (C=O) groups is 2. The molecule has 1 N–H and O–H groups in total. The second-order valence-electron chi connectivity index (χ2n) is 6.23. The van der Waals surface area contributed by atoms with Gasteiger partial charge < -0.3 is 14.5 Å². The van der Waals surface area contributed by atoms with Crippen molar-refractivity contribution in [2.24, 2.45) is 0 Å². The maximum Gasteiger partial charge on any atom is 0.338 e. The minimum absolute atomic E-state index is 0.284. The molecule has 0 aliphatic rings. The number of aryl methyl sites for hydroxylation is 1. The summed E-state index contributed by atoms with van der Waals surface area (Å²) < 4.78 is 10.7. The molecule has 138 valence electrons. The average Bonchev–Trinajstić information content (AvgIpc) is 3.07. The fourth-order valence-corrected chi connectivity index (χ4v) is 2.57. The molecule has 0 saturated heterocycles. The van der Waals surface area contributed by atoms with Gasteiger partial charge in [0.15, 0.2) is 0 Å². The smallest absolute Gasteiger partial charge is 0.338 e. The Hall–Kier alpha value is -3.34. The Kier molecular flexibility index (Phi) is 5.71. The SMILES string of the molecule is CCCOC(=O)c1ccc(NC(=O)/C=C/c2cc3cc(C)ccc3o2)cc1. The first-order chi connectivity index (χ1) is 13.0. The highest BCUT2D eigenvalue weighted by Crippen LogP contribution is 2.21. The summed E-state index contributed by atoms with van der Waals surface area (Å²) in [6.45, 7) is 4.35. The standard InChI is InChI=1S/C22H21NO4/c1-3-12-26-22(25)16-5-7-18(8-6-16)23-21(24)11-9-19-14-17-13-15(2)4-10-20(17)27-19/h4-11,13-14H,3,12H2,1-2H3,(H,23,24)/b11-9+. The third-order valence-corrected chi connectivity index (χ3v) is 3.92. The highest BCUT2D eigenvalue weighted by atomic mass is 16.5. The molecule has 1 amide bonds. The summed E-state index contributed by atoms with van der Waals surface area (Å²) in [5.74, 6) is -0.0394. The van der Waals surface area contributed by atoms with Crippen molar-refractivity contribution < 1.29 is 18.7 Å². The predicted molar refractivity (Wildman–Crippen MR) is 106 cm³/mol. The number of furan rings is 1. The molecule has 0 unspecified atom stereocenters. The molecule has 3 aromatic rings. The zero-order valence-electron chi connectivity index (χ0n) is 15.3. The van der Waals surface area contributed by atoms with E-state index in [1.54, 1.807) is 30.3 Å². The highest BCUT2D eigenvalue weighted by Gasteiger charge is 2.07. The first kappa shape index (κ1) is 18.5. The molecule has 1 aromatic heterocycles. The lowest BCUT2D eigenvalue weighted by molar-refractivity contribution is -0.111. The predicted octanol–water partition coefficient (Wildman–Crippen LogP) is 4.96. The van der Waals surface area contributed by atoms with E-state index in [2.05, 4.69) is 5.32 Å². The molecule has 0 bridgehead atoms. The molecule has 1 heterocycles. The van der Waals surface area contributed by atoms with Gasteiger partial charge in [-0.05, 0) is 61.9 Å². The Morgan fingerprint density at radius 2 is 1.89 bits per heavy atom. The summed E-state index contributed by atoms with van der Waals surface area (Å²) in [7, 11) is 0. The number of nitrogens with one attached hydrogen (secondary N) is 1. The Labute approximate surface area is 157 Å². The van der Waals surface area contributed by atoms with Crippen LogP contribution in [0.15, 0.2) is 59.0 Å². The molecule has 2 aromatic carbocycles. The van der Waals surface area contributed by atoms with Gasteiger partial charge in [0, 0.05) is 17.1 Å². The lowest BCUT2D eigenvalue weighted by atomic mass is 10.2. The summed E-state index contributed by atoms with van der Waals surface area (Å²) in [5, 5.41) is 3.75. The van der Waals surface area contributed by atoms with Crippen LogP contribution in [0.25, 0.3) is 17.0 Å². The summed E-state index contributed by atoms with van der Waals surface area (Å²) in [5.41, 5.74) is 2.98. The first-order valence-corrected chi connectivity index (χ1v) is 8.81. The van der Waals surface area contributed by atoms with E-state index in [1.807, 2.05) is 38.1 Å². The third kappa shape index (κ3) is 4.85.